The molecule has 1 atom stereocenters. The molecule has 1 spiro atoms. The van der Waals surface area contributed by atoms with Crippen LogP contribution in [0.1, 0.15) is 42.1 Å². The predicted octanol–water partition coefficient (Wildman–Crippen LogP) is 2.21. The zero-order valence-electron chi connectivity index (χ0n) is 14.2. The third-order valence-corrected chi connectivity index (χ3v) is 6.14. The van der Waals surface area contributed by atoms with E-state index in [1.165, 1.54) is 11.0 Å². The van der Waals surface area contributed by atoms with E-state index in [9.17, 15) is 23.5 Å². The van der Waals surface area contributed by atoms with Crippen molar-refractivity contribution in [1.29, 1.82) is 0 Å². The quantitative estimate of drug-likeness (QED) is 0.775. The topological polar surface area (TPSA) is 69.6 Å². The first-order valence-electron chi connectivity index (χ1n) is 8.52. The summed E-state index contributed by atoms with van der Waals surface area (Å²) in [6.07, 6.45) is 0.581. The maximum atomic E-state index is 14.2. The minimum absolute atomic E-state index is 0.142. The molecule has 3 aliphatic rings. The van der Waals surface area contributed by atoms with Crippen molar-refractivity contribution in [2.45, 2.75) is 49.2 Å². The monoisotopic (exact) mass is 428 g/mol. The number of hydrogen-bond donors (Lipinski definition) is 2. The van der Waals surface area contributed by atoms with Crippen LogP contribution < -0.4 is 5.32 Å². The molecule has 26 heavy (non-hydrogen) atoms. The van der Waals surface area contributed by atoms with Crippen molar-refractivity contribution in [2.75, 3.05) is 13.1 Å². The standard InChI is InChI=1S/C18H19BrF2N2O3/c1-16(26)5-11(6-16)22-14(24)7-23-9-17(8-18(17,20)21)13-4-10(19)2-3-12(13)15(23)25/h2-4,11,26H,5-9H2,1H3,(H,22,24). The highest BCUT2D eigenvalue weighted by Gasteiger charge is 2.74. The molecule has 0 aromatic heterocycles. The van der Waals surface area contributed by atoms with Crippen LogP contribution in [0.4, 0.5) is 8.78 Å². The molecule has 2 amide bonds. The maximum Gasteiger partial charge on any atom is 0.260 e. The Bertz CT molecular complexity index is 806. The Hall–Kier alpha value is -1.54. The van der Waals surface area contributed by atoms with E-state index in [-0.39, 0.29) is 31.1 Å². The number of fused-ring (bicyclic) bond motifs is 2. The molecule has 2 saturated carbocycles. The maximum absolute atomic E-state index is 14.2. The fourth-order valence-electron chi connectivity index (χ4n) is 4.23. The molecule has 1 heterocycles. The van der Waals surface area contributed by atoms with Crippen molar-refractivity contribution in [3.8, 4) is 0 Å². The van der Waals surface area contributed by atoms with Gasteiger partial charge in [-0.25, -0.2) is 8.78 Å². The van der Waals surface area contributed by atoms with Gasteiger partial charge in [-0.1, -0.05) is 15.9 Å². The molecule has 5 nitrogen and oxygen atoms in total. The molecule has 1 unspecified atom stereocenters. The van der Waals surface area contributed by atoms with Crippen molar-refractivity contribution in [2.24, 2.45) is 0 Å². The van der Waals surface area contributed by atoms with E-state index in [1.807, 2.05) is 0 Å². The highest BCUT2D eigenvalue weighted by Crippen LogP contribution is 2.64. The van der Waals surface area contributed by atoms with Crippen LogP contribution in [0.3, 0.4) is 0 Å². The number of amides is 2. The number of nitrogens with one attached hydrogen (secondary N) is 1. The first-order chi connectivity index (χ1) is 12.0. The van der Waals surface area contributed by atoms with E-state index < -0.39 is 28.8 Å². The average Bonchev–Trinajstić information content (AvgIpc) is 3.04. The number of alkyl halides is 2. The van der Waals surface area contributed by atoms with Crippen molar-refractivity contribution < 1.29 is 23.5 Å². The molecule has 8 heteroatoms. The number of carbonyl (C=O) groups excluding carboxylic acids is 2. The molecule has 1 aromatic carbocycles. The zero-order valence-corrected chi connectivity index (χ0v) is 15.8. The Morgan fingerprint density at radius 2 is 2.08 bits per heavy atom. The number of aliphatic hydroxyl groups is 1. The molecule has 4 rings (SSSR count). The first-order valence-corrected chi connectivity index (χ1v) is 9.31. The molecule has 0 bridgehead atoms. The van der Waals surface area contributed by atoms with E-state index in [1.54, 1.807) is 19.1 Å². The van der Waals surface area contributed by atoms with Crippen LogP contribution in [-0.4, -0.2) is 52.5 Å². The van der Waals surface area contributed by atoms with Crippen LogP contribution in [0.5, 0.6) is 0 Å². The van der Waals surface area contributed by atoms with Crippen molar-refractivity contribution in [3.63, 3.8) is 0 Å². The Balaban J connectivity index is 1.53. The molecule has 140 valence electrons. The van der Waals surface area contributed by atoms with Gasteiger partial charge < -0.3 is 15.3 Å². The van der Waals surface area contributed by atoms with Gasteiger partial charge in [0.05, 0.1) is 17.6 Å². The Morgan fingerprint density at radius 3 is 2.65 bits per heavy atom. The summed E-state index contributed by atoms with van der Waals surface area (Å²) in [5, 5.41) is 12.5. The summed E-state index contributed by atoms with van der Waals surface area (Å²) < 4.78 is 29.0. The van der Waals surface area contributed by atoms with E-state index >= 15 is 0 Å². The van der Waals surface area contributed by atoms with E-state index in [2.05, 4.69) is 21.2 Å². The summed E-state index contributed by atoms with van der Waals surface area (Å²) in [5.41, 5.74) is -1.59. The SMILES string of the molecule is CC1(O)CC(NC(=O)CN2CC3(CC3(F)F)c3cc(Br)ccc3C2=O)C1. The molecule has 0 saturated heterocycles. The molecule has 2 fully saturated rings. The fourth-order valence-corrected chi connectivity index (χ4v) is 4.59. The van der Waals surface area contributed by atoms with Gasteiger partial charge in [0.15, 0.2) is 0 Å². The summed E-state index contributed by atoms with van der Waals surface area (Å²) in [4.78, 5) is 26.2. The minimum atomic E-state index is -2.88. The number of nitrogens with zero attached hydrogens (tertiary/aromatic N) is 1. The van der Waals surface area contributed by atoms with Gasteiger partial charge in [-0.2, -0.15) is 0 Å². The summed E-state index contributed by atoms with van der Waals surface area (Å²) in [6, 6.07) is 4.62. The van der Waals surface area contributed by atoms with E-state index in [4.69, 9.17) is 0 Å². The van der Waals surface area contributed by atoms with Crippen LogP contribution in [0.2, 0.25) is 0 Å². The predicted molar refractivity (Wildman–Crippen MR) is 93.1 cm³/mol. The summed E-state index contributed by atoms with van der Waals surface area (Å²) in [5.74, 6) is -3.68. The number of halogens is 3. The molecular formula is C18H19BrF2N2O3. The van der Waals surface area contributed by atoms with Gasteiger partial charge in [-0.15, -0.1) is 0 Å². The zero-order chi connectivity index (χ0) is 18.9. The van der Waals surface area contributed by atoms with Crippen LogP contribution in [0, 0.1) is 0 Å². The number of rotatable bonds is 3. The largest absolute Gasteiger partial charge is 0.390 e. The number of hydrogen-bond acceptors (Lipinski definition) is 3. The van der Waals surface area contributed by atoms with Gasteiger partial charge in [-0.05, 0) is 43.5 Å². The third kappa shape index (κ3) is 2.74. The van der Waals surface area contributed by atoms with Crippen molar-refractivity contribution >= 4 is 27.7 Å². The van der Waals surface area contributed by atoms with Crippen LogP contribution in [0.25, 0.3) is 0 Å². The summed E-state index contributed by atoms with van der Waals surface area (Å²) in [7, 11) is 0. The normalized spacial score (nSPS) is 34.3. The van der Waals surface area contributed by atoms with Crippen LogP contribution in [0.15, 0.2) is 22.7 Å². The number of carbonyl (C=O) groups is 2. The highest BCUT2D eigenvalue weighted by atomic mass is 79.9. The van der Waals surface area contributed by atoms with Gasteiger partial charge in [0.25, 0.3) is 11.8 Å². The van der Waals surface area contributed by atoms with E-state index in [0.29, 0.717) is 22.9 Å². The lowest BCUT2D eigenvalue weighted by Gasteiger charge is -2.41. The van der Waals surface area contributed by atoms with E-state index in [0.717, 1.165) is 0 Å². The second kappa shape index (κ2) is 5.48. The molecule has 1 aromatic rings. The van der Waals surface area contributed by atoms with Crippen LogP contribution in [-0.2, 0) is 10.2 Å². The second-order valence-corrected chi connectivity index (χ2v) is 8.90. The van der Waals surface area contributed by atoms with Gasteiger partial charge in [0.1, 0.15) is 0 Å². The Kier molecular flexibility index (Phi) is 3.76. The summed E-state index contributed by atoms with van der Waals surface area (Å²) in [6.45, 7) is 1.26. The highest BCUT2D eigenvalue weighted by molar-refractivity contribution is 9.10. The van der Waals surface area contributed by atoms with Crippen molar-refractivity contribution in [1.82, 2.24) is 10.2 Å². The van der Waals surface area contributed by atoms with Gasteiger partial charge in [-0.3, -0.25) is 9.59 Å². The lowest BCUT2D eigenvalue weighted by atomic mass is 9.77. The van der Waals surface area contributed by atoms with Crippen LogP contribution >= 0.6 is 15.9 Å². The molecule has 0 radical (unpaired) electrons. The molecule has 2 N–H and O–H groups in total. The lowest BCUT2D eigenvalue weighted by Crippen LogP contribution is -2.56. The lowest BCUT2D eigenvalue weighted by molar-refractivity contribution is -0.125. The minimum Gasteiger partial charge on any atom is -0.390 e. The first kappa shape index (κ1) is 17.9. The molecular weight excluding hydrogens is 410 g/mol. The second-order valence-electron chi connectivity index (χ2n) is 7.98. The molecule has 1 aliphatic heterocycles. The van der Waals surface area contributed by atoms with Gasteiger partial charge in [0, 0.05) is 29.0 Å². The Morgan fingerprint density at radius 1 is 1.42 bits per heavy atom. The Labute approximate surface area is 157 Å². The van der Waals surface area contributed by atoms with Gasteiger partial charge in [0.2, 0.25) is 5.91 Å². The summed E-state index contributed by atoms with van der Waals surface area (Å²) >= 11 is 3.28. The average molecular weight is 429 g/mol. The smallest absolute Gasteiger partial charge is 0.260 e. The molecule has 2 aliphatic carbocycles. The number of benzene rings is 1. The van der Waals surface area contributed by atoms with Gasteiger partial charge >= 0.3 is 0 Å². The van der Waals surface area contributed by atoms with Crippen molar-refractivity contribution in [3.05, 3.63) is 33.8 Å². The third-order valence-electron chi connectivity index (χ3n) is 5.65. The fraction of sp³-hybridized carbons (Fsp3) is 0.556.